The molecule has 0 saturated heterocycles. The average molecular weight is 340 g/mol. The van der Waals surface area contributed by atoms with Gasteiger partial charge in [-0.05, 0) is 25.2 Å². The molecule has 0 saturated carbocycles. The van der Waals surface area contributed by atoms with Crippen molar-refractivity contribution in [2.75, 3.05) is 7.05 Å². The number of oxazole rings is 1. The Kier molecular flexibility index (Phi) is 4.27. The van der Waals surface area contributed by atoms with Crippen molar-refractivity contribution in [1.82, 2.24) is 20.0 Å². The second kappa shape index (κ2) is 6.23. The van der Waals surface area contributed by atoms with Crippen molar-refractivity contribution < 1.29 is 22.1 Å². The maximum absolute atomic E-state index is 12.7. The summed E-state index contributed by atoms with van der Waals surface area (Å²) in [5, 5.41) is 3.80. The van der Waals surface area contributed by atoms with E-state index in [-0.39, 0.29) is 5.52 Å². The molecule has 0 bridgehead atoms. The van der Waals surface area contributed by atoms with Crippen LogP contribution < -0.4 is 0 Å². The van der Waals surface area contributed by atoms with Crippen molar-refractivity contribution in [3.05, 3.63) is 41.4 Å². The lowest BCUT2D eigenvalue weighted by atomic mass is 10.2. The fourth-order valence-electron chi connectivity index (χ4n) is 2.23. The first-order valence-corrected chi connectivity index (χ1v) is 7.32. The summed E-state index contributed by atoms with van der Waals surface area (Å²) in [7, 11) is 1.80. The van der Waals surface area contributed by atoms with Gasteiger partial charge in [-0.15, -0.1) is 0 Å². The lowest BCUT2D eigenvalue weighted by Gasteiger charge is -2.10. The first-order chi connectivity index (χ1) is 11.3. The normalized spacial score (nSPS) is 12.4. The Morgan fingerprint density at radius 3 is 2.54 bits per heavy atom. The van der Waals surface area contributed by atoms with Gasteiger partial charge in [0.15, 0.2) is 11.4 Å². The molecule has 2 aromatic heterocycles. The molecule has 3 aromatic rings. The number of hydrogen-bond acceptors (Lipinski definition) is 6. The van der Waals surface area contributed by atoms with E-state index in [0.29, 0.717) is 42.7 Å². The molecule has 0 radical (unpaired) electrons. The highest BCUT2D eigenvalue weighted by molar-refractivity contribution is 5.73. The molecule has 24 heavy (non-hydrogen) atoms. The minimum atomic E-state index is -4.40. The summed E-state index contributed by atoms with van der Waals surface area (Å²) in [5.41, 5.74) is -0.252. The van der Waals surface area contributed by atoms with Crippen molar-refractivity contribution in [3.8, 4) is 0 Å². The zero-order valence-corrected chi connectivity index (χ0v) is 13.1. The number of rotatable bonds is 5. The van der Waals surface area contributed by atoms with Crippen LogP contribution in [0.1, 0.15) is 30.1 Å². The van der Waals surface area contributed by atoms with Crippen molar-refractivity contribution in [2.45, 2.75) is 32.6 Å². The SMILES string of the molecule is CCc1noc(CN(C)Cc2nc3cc(C(F)(F)F)ccc3o2)n1. The smallest absolute Gasteiger partial charge is 0.416 e. The van der Waals surface area contributed by atoms with Gasteiger partial charge >= 0.3 is 6.18 Å². The number of halogens is 3. The van der Waals surface area contributed by atoms with Gasteiger partial charge in [-0.1, -0.05) is 12.1 Å². The number of hydrogen-bond donors (Lipinski definition) is 0. The van der Waals surface area contributed by atoms with Crippen LogP contribution in [0.3, 0.4) is 0 Å². The molecule has 0 fully saturated rings. The fraction of sp³-hybridized carbons (Fsp3) is 0.400. The van der Waals surface area contributed by atoms with Gasteiger partial charge in [-0.25, -0.2) is 4.98 Å². The third kappa shape index (κ3) is 3.56. The number of nitrogens with zero attached hydrogens (tertiary/aromatic N) is 4. The second-order valence-corrected chi connectivity index (χ2v) is 5.42. The lowest BCUT2D eigenvalue weighted by Crippen LogP contribution is -2.17. The highest BCUT2D eigenvalue weighted by Gasteiger charge is 2.31. The zero-order valence-electron chi connectivity index (χ0n) is 13.1. The van der Waals surface area contributed by atoms with Crippen molar-refractivity contribution in [2.24, 2.45) is 0 Å². The van der Waals surface area contributed by atoms with Gasteiger partial charge in [0.05, 0.1) is 18.7 Å². The highest BCUT2D eigenvalue weighted by atomic mass is 19.4. The molecule has 0 amide bonds. The Morgan fingerprint density at radius 2 is 1.88 bits per heavy atom. The first-order valence-electron chi connectivity index (χ1n) is 7.32. The van der Waals surface area contributed by atoms with Crippen LogP contribution in [0.15, 0.2) is 27.1 Å². The third-order valence-corrected chi connectivity index (χ3v) is 3.40. The van der Waals surface area contributed by atoms with Crippen LogP contribution in [0.2, 0.25) is 0 Å². The highest BCUT2D eigenvalue weighted by Crippen LogP contribution is 2.31. The van der Waals surface area contributed by atoms with E-state index in [1.165, 1.54) is 6.07 Å². The van der Waals surface area contributed by atoms with Crippen molar-refractivity contribution in [1.29, 1.82) is 0 Å². The Hall–Kier alpha value is -2.42. The molecule has 2 heterocycles. The summed E-state index contributed by atoms with van der Waals surface area (Å²) < 4.78 is 48.7. The Bertz CT molecular complexity index is 841. The van der Waals surface area contributed by atoms with Gasteiger partial charge in [0.1, 0.15) is 5.52 Å². The molecule has 0 aliphatic heterocycles. The molecule has 0 aliphatic rings. The molecule has 0 atom stereocenters. The molecule has 6 nitrogen and oxygen atoms in total. The summed E-state index contributed by atoms with van der Waals surface area (Å²) in [6.45, 7) is 2.62. The largest absolute Gasteiger partial charge is 0.439 e. The van der Waals surface area contributed by atoms with Gasteiger partial charge in [-0.3, -0.25) is 4.90 Å². The zero-order chi connectivity index (χ0) is 17.3. The van der Waals surface area contributed by atoms with Gasteiger partial charge in [-0.2, -0.15) is 18.2 Å². The maximum atomic E-state index is 12.7. The molecular weight excluding hydrogens is 325 g/mol. The van der Waals surface area contributed by atoms with E-state index in [2.05, 4.69) is 15.1 Å². The molecular formula is C15H15F3N4O2. The van der Waals surface area contributed by atoms with Crippen LogP contribution >= 0.6 is 0 Å². The van der Waals surface area contributed by atoms with Crippen LogP contribution in [0.4, 0.5) is 13.2 Å². The fourth-order valence-corrected chi connectivity index (χ4v) is 2.23. The predicted molar refractivity (Wildman–Crippen MR) is 77.9 cm³/mol. The van der Waals surface area contributed by atoms with E-state index >= 15 is 0 Å². The lowest BCUT2D eigenvalue weighted by molar-refractivity contribution is -0.137. The Balaban J connectivity index is 1.72. The summed E-state index contributed by atoms with van der Waals surface area (Å²) in [4.78, 5) is 10.1. The van der Waals surface area contributed by atoms with Crippen LogP contribution in [-0.4, -0.2) is 27.1 Å². The monoisotopic (exact) mass is 340 g/mol. The van der Waals surface area contributed by atoms with E-state index in [9.17, 15) is 13.2 Å². The molecule has 0 aliphatic carbocycles. The molecule has 1 aromatic carbocycles. The Labute approximate surface area is 135 Å². The van der Waals surface area contributed by atoms with Gasteiger partial charge < -0.3 is 8.94 Å². The van der Waals surface area contributed by atoms with Gasteiger partial charge in [0.25, 0.3) is 0 Å². The van der Waals surface area contributed by atoms with E-state index in [1.807, 2.05) is 11.8 Å². The standard InChI is InChI=1S/C15H15F3N4O2/c1-3-12-20-14(24-21-12)8-22(2)7-13-19-10-6-9(15(16,17)18)4-5-11(10)23-13/h4-6H,3,7-8H2,1-2H3. The summed E-state index contributed by atoms with van der Waals surface area (Å²) in [5.74, 6) is 1.41. The molecule has 0 spiro atoms. The second-order valence-electron chi connectivity index (χ2n) is 5.42. The van der Waals surface area contributed by atoms with E-state index in [4.69, 9.17) is 8.94 Å². The van der Waals surface area contributed by atoms with Crippen LogP contribution in [0.25, 0.3) is 11.1 Å². The number of alkyl halides is 3. The number of benzene rings is 1. The van der Waals surface area contributed by atoms with Crippen LogP contribution in [0, 0.1) is 0 Å². The average Bonchev–Trinajstić information content (AvgIpc) is 3.10. The molecule has 128 valence electrons. The van der Waals surface area contributed by atoms with Crippen LogP contribution in [0.5, 0.6) is 0 Å². The van der Waals surface area contributed by atoms with E-state index in [1.54, 1.807) is 7.05 Å². The number of aromatic nitrogens is 3. The Morgan fingerprint density at radius 1 is 1.12 bits per heavy atom. The summed E-state index contributed by atoms with van der Waals surface area (Å²) in [6, 6.07) is 3.24. The van der Waals surface area contributed by atoms with Crippen molar-refractivity contribution >= 4 is 11.1 Å². The minimum absolute atomic E-state index is 0.180. The maximum Gasteiger partial charge on any atom is 0.416 e. The van der Waals surface area contributed by atoms with Gasteiger partial charge in [0, 0.05) is 6.42 Å². The number of aryl methyl sites for hydroxylation is 1. The quantitative estimate of drug-likeness (QED) is 0.709. The molecule has 9 heteroatoms. The molecule has 0 unspecified atom stereocenters. The third-order valence-electron chi connectivity index (χ3n) is 3.40. The molecule has 3 rings (SSSR count). The van der Waals surface area contributed by atoms with Crippen molar-refractivity contribution in [3.63, 3.8) is 0 Å². The van der Waals surface area contributed by atoms with E-state index < -0.39 is 11.7 Å². The molecule has 0 N–H and O–H groups in total. The summed E-state index contributed by atoms with van der Waals surface area (Å²) >= 11 is 0. The van der Waals surface area contributed by atoms with Crippen LogP contribution in [-0.2, 0) is 25.7 Å². The first kappa shape index (κ1) is 16.4. The van der Waals surface area contributed by atoms with Gasteiger partial charge in [0.2, 0.25) is 11.8 Å². The predicted octanol–water partition coefficient (Wildman–Crippen LogP) is 3.42. The summed E-state index contributed by atoms with van der Waals surface area (Å²) in [6.07, 6.45) is -3.72. The van der Waals surface area contributed by atoms with E-state index in [0.717, 1.165) is 12.1 Å². The minimum Gasteiger partial charge on any atom is -0.439 e. The topological polar surface area (TPSA) is 68.2 Å². The number of fused-ring (bicyclic) bond motifs is 1.